The molecule has 2 heterocycles. The summed E-state index contributed by atoms with van der Waals surface area (Å²) < 4.78 is 0. The Morgan fingerprint density at radius 1 is 1.43 bits per heavy atom. The van der Waals surface area contributed by atoms with Crippen LogP contribution >= 0.6 is 0 Å². The summed E-state index contributed by atoms with van der Waals surface area (Å²) in [6.45, 7) is 7.66. The van der Waals surface area contributed by atoms with Crippen LogP contribution in [0.2, 0.25) is 0 Å². The van der Waals surface area contributed by atoms with Gasteiger partial charge in [-0.15, -0.1) is 0 Å². The number of hydrogen-bond acceptors (Lipinski definition) is 5. The lowest BCUT2D eigenvalue weighted by molar-refractivity contribution is 0.0825. The number of piperidine rings is 1. The van der Waals surface area contributed by atoms with Gasteiger partial charge in [0, 0.05) is 25.3 Å². The van der Waals surface area contributed by atoms with Crippen LogP contribution in [0.5, 0.6) is 0 Å². The lowest BCUT2D eigenvalue weighted by atomic mass is 10.1. The number of likely N-dealkylation sites (tertiary alicyclic amines) is 1. The molecule has 0 aliphatic carbocycles. The van der Waals surface area contributed by atoms with Crippen LogP contribution in [0.15, 0.2) is 6.07 Å². The first-order chi connectivity index (χ1) is 10.1. The van der Waals surface area contributed by atoms with Crippen LogP contribution in [-0.4, -0.2) is 47.3 Å². The molecule has 1 aliphatic heterocycles. The summed E-state index contributed by atoms with van der Waals surface area (Å²) in [6.07, 6.45) is 2.69. The minimum atomic E-state index is -0.111. The third kappa shape index (κ3) is 4.42. The van der Waals surface area contributed by atoms with Crippen LogP contribution in [0.25, 0.3) is 0 Å². The number of aromatic nitrogens is 1. The maximum Gasteiger partial charge on any atom is 0.103 e. The largest absolute Gasteiger partial charge is 0.393 e. The Morgan fingerprint density at radius 2 is 2.14 bits per heavy atom. The predicted molar refractivity (Wildman–Crippen MR) is 83.2 cm³/mol. The highest BCUT2D eigenvalue weighted by atomic mass is 16.3. The van der Waals surface area contributed by atoms with E-state index in [1.807, 2.05) is 19.9 Å². The molecule has 0 amide bonds. The Bertz CT molecular complexity index is 516. The molecule has 0 unspecified atom stereocenters. The average molecular weight is 288 g/mol. The number of nitriles is 1. The molecule has 1 aliphatic rings. The molecule has 0 spiro atoms. The summed E-state index contributed by atoms with van der Waals surface area (Å²) in [5.74, 6) is 0. The summed E-state index contributed by atoms with van der Waals surface area (Å²) in [5.41, 5.74) is 3.24. The molecule has 0 saturated carbocycles. The van der Waals surface area contributed by atoms with Crippen molar-refractivity contribution < 1.29 is 5.11 Å². The smallest absolute Gasteiger partial charge is 0.103 e. The van der Waals surface area contributed by atoms with Crippen LogP contribution in [0.1, 0.15) is 36.2 Å². The van der Waals surface area contributed by atoms with E-state index in [1.54, 1.807) is 0 Å². The van der Waals surface area contributed by atoms with Crippen molar-refractivity contribution in [2.45, 2.75) is 39.2 Å². The van der Waals surface area contributed by atoms with E-state index in [2.05, 4.69) is 21.3 Å². The van der Waals surface area contributed by atoms with E-state index in [-0.39, 0.29) is 6.10 Å². The Morgan fingerprint density at radius 3 is 2.81 bits per heavy atom. The molecule has 0 radical (unpaired) electrons. The second-order valence-electron chi connectivity index (χ2n) is 5.74. The first-order valence-electron chi connectivity index (χ1n) is 7.63. The molecular formula is C16H24N4O. The van der Waals surface area contributed by atoms with Crippen molar-refractivity contribution in [3.63, 3.8) is 0 Å². The van der Waals surface area contributed by atoms with Crippen molar-refractivity contribution >= 4 is 5.69 Å². The second-order valence-corrected chi connectivity index (χ2v) is 5.74. The summed E-state index contributed by atoms with van der Waals surface area (Å²) in [6, 6.07) is 4.16. The van der Waals surface area contributed by atoms with Gasteiger partial charge in [-0.05, 0) is 45.7 Å². The van der Waals surface area contributed by atoms with Crippen LogP contribution < -0.4 is 5.32 Å². The van der Waals surface area contributed by atoms with E-state index in [4.69, 9.17) is 0 Å². The summed E-state index contributed by atoms with van der Waals surface area (Å²) >= 11 is 0. The lowest BCUT2D eigenvalue weighted by Crippen LogP contribution is -2.36. The molecule has 21 heavy (non-hydrogen) atoms. The highest BCUT2D eigenvalue weighted by molar-refractivity contribution is 5.59. The summed E-state index contributed by atoms with van der Waals surface area (Å²) in [4.78, 5) is 6.71. The molecular weight excluding hydrogens is 264 g/mol. The SMILES string of the molecule is Cc1cc(NCCCN2CCC(O)CC2)c(C#N)c(C)n1. The van der Waals surface area contributed by atoms with Gasteiger partial charge in [-0.25, -0.2) is 0 Å². The Labute approximate surface area is 126 Å². The van der Waals surface area contributed by atoms with Gasteiger partial charge < -0.3 is 15.3 Å². The van der Waals surface area contributed by atoms with Gasteiger partial charge in [-0.2, -0.15) is 5.26 Å². The van der Waals surface area contributed by atoms with E-state index < -0.39 is 0 Å². The minimum Gasteiger partial charge on any atom is -0.393 e. The zero-order valence-electron chi connectivity index (χ0n) is 12.9. The van der Waals surface area contributed by atoms with Gasteiger partial charge >= 0.3 is 0 Å². The molecule has 0 aromatic carbocycles. The molecule has 1 saturated heterocycles. The molecule has 1 fully saturated rings. The van der Waals surface area contributed by atoms with Gasteiger partial charge in [0.2, 0.25) is 0 Å². The first kappa shape index (κ1) is 15.7. The number of hydrogen-bond donors (Lipinski definition) is 2. The van der Waals surface area contributed by atoms with Gasteiger partial charge in [0.1, 0.15) is 6.07 Å². The van der Waals surface area contributed by atoms with E-state index in [0.29, 0.717) is 5.56 Å². The summed E-state index contributed by atoms with van der Waals surface area (Å²) in [7, 11) is 0. The molecule has 5 heteroatoms. The molecule has 2 N–H and O–H groups in total. The highest BCUT2D eigenvalue weighted by Gasteiger charge is 2.16. The zero-order valence-corrected chi connectivity index (χ0v) is 12.9. The molecule has 1 aromatic rings. The summed E-state index contributed by atoms with van der Waals surface area (Å²) in [5, 5.41) is 22.1. The molecule has 0 bridgehead atoms. The van der Waals surface area contributed by atoms with Crippen molar-refractivity contribution in [2.75, 3.05) is 31.5 Å². The van der Waals surface area contributed by atoms with Crippen LogP contribution in [0.3, 0.4) is 0 Å². The fraction of sp³-hybridized carbons (Fsp3) is 0.625. The minimum absolute atomic E-state index is 0.111. The van der Waals surface area contributed by atoms with Crippen LogP contribution in [0.4, 0.5) is 5.69 Å². The van der Waals surface area contributed by atoms with Crippen molar-refractivity contribution in [2.24, 2.45) is 0 Å². The van der Waals surface area contributed by atoms with Crippen molar-refractivity contribution in [1.29, 1.82) is 5.26 Å². The van der Waals surface area contributed by atoms with E-state index in [1.165, 1.54) is 0 Å². The lowest BCUT2D eigenvalue weighted by Gasteiger charge is -2.29. The van der Waals surface area contributed by atoms with Gasteiger partial charge in [0.15, 0.2) is 0 Å². The molecule has 2 rings (SSSR count). The molecule has 0 atom stereocenters. The molecule has 5 nitrogen and oxygen atoms in total. The Kier molecular flexibility index (Phi) is 5.54. The number of pyridine rings is 1. The Balaban J connectivity index is 1.80. The number of aryl methyl sites for hydroxylation is 2. The number of aliphatic hydroxyl groups excluding tert-OH is 1. The fourth-order valence-corrected chi connectivity index (χ4v) is 2.78. The van der Waals surface area contributed by atoms with E-state index >= 15 is 0 Å². The average Bonchev–Trinajstić information content (AvgIpc) is 2.45. The standard InChI is InChI=1S/C16H24N4O/c1-12-10-16(15(11-17)13(2)19-12)18-6-3-7-20-8-4-14(21)5-9-20/h10,14,21H,3-9H2,1-2H3,(H,18,19). The van der Waals surface area contributed by atoms with Gasteiger partial charge in [-0.1, -0.05) is 0 Å². The van der Waals surface area contributed by atoms with Gasteiger partial charge in [0.05, 0.1) is 23.0 Å². The van der Waals surface area contributed by atoms with Gasteiger partial charge in [-0.3, -0.25) is 4.98 Å². The third-order valence-electron chi connectivity index (χ3n) is 3.96. The van der Waals surface area contributed by atoms with Gasteiger partial charge in [0.25, 0.3) is 0 Å². The highest BCUT2D eigenvalue weighted by Crippen LogP contribution is 2.18. The fourth-order valence-electron chi connectivity index (χ4n) is 2.78. The predicted octanol–water partition coefficient (Wildman–Crippen LogP) is 1.83. The topological polar surface area (TPSA) is 72.2 Å². The number of aliphatic hydroxyl groups is 1. The molecule has 114 valence electrons. The normalized spacial score (nSPS) is 16.7. The van der Waals surface area contributed by atoms with Crippen molar-refractivity contribution in [3.05, 3.63) is 23.0 Å². The quantitative estimate of drug-likeness (QED) is 0.809. The number of anilines is 1. The van der Waals surface area contributed by atoms with E-state index in [0.717, 1.165) is 62.5 Å². The van der Waals surface area contributed by atoms with Crippen LogP contribution in [0, 0.1) is 25.2 Å². The number of nitrogens with one attached hydrogen (secondary N) is 1. The van der Waals surface area contributed by atoms with Crippen LogP contribution in [-0.2, 0) is 0 Å². The zero-order chi connectivity index (χ0) is 15.2. The van der Waals surface area contributed by atoms with Crippen molar-refractivity contribution in [3.8, 4) is 6.07 Å². The maximum atomic E-state index is 9.48. The van der Waals surface area contributed by atoms with Crippen molar-refractivity contribution in [1.82, 2.24) is 9.88 Å². The second kappa shape index (κ2) is 7.39. The maximum absolute atomic E-state index is 9.48. The number of nitrogens with zero attached hydrogens (tertiary/aromatic N) is 3. The first-order valence-corrected chi connectivity index (χ1v) is 7.63. The monoisotopic (exact) mass is 288 g/mol. The third-order valence-corrected chi connectivity index (χ3v) is 3.96. The Hall–Kier alpha value is -1.64. The molecule has 1 aromatic heterocycles. The van der Waals surface area contributed by atoms with E-state index in [9.17, 15) is 10.4 Å². The number of rotatable bonds is 5.